The Balaban J connectivity index is 1.55. The van der Waals surface area contributed by atoms with Crippen LogP contribution in [0, 0.1) is 0 Å². The Morgan fingerprint density at radius 2 is 1.85 bits per heavy atom. The predicted octanol–water partition coefficient (Wildman–Crippen LogP) is 3.07. The second-order valence-electron chi connectivity index (χ2n) is 6.52. The van der Waals surface area contributed by atoms with Crippen LogP contribution in [0.4, 0.5) is 0 Å². The van der Waals surface area contributed by atoms with Crippen molar-refractivity contribution in [3.63, 3.8) is 0 Å². The molecule has 0 radical (unpaired) electrons. The maximum Gasteiger partial charge on any atom is 0.244 e. The first-order valence-corrected chi connectivity index (χ1v) is 9.23. The van der Waals surface area contributed by atoms with Gasteiger partial charge in [-0.1, -0.05) is 46.3 Å². The van der Waals surface area contributed by atoms with Gasteiger partial charge in [0.2, 0.25) is 11.7 Å². The number of aromatic nitrogens is 4. The largest absolute Gasteiger partial charge is 0.485 e. The molecule has 1 N–H and O–H groups in total. The molecule has 1 amide bonds. The molecule has 0 saturated heterocycles. The number of rotatable bonds is 7. The summed E-state index contributed by atoms with van der Waals surface area (Å²) in [4.78, 5) is 13.6. The van der Waals surface area contributed by atoms with Gasteiger partial charge in [-0.25, -0.2) is 0 Å². The van der Waals surface area contributed by atoms with E-state index in [0.29, 0.717) is 5.82 Å². The average Bonchev–Trinajstić information content (AvgIpc) is 3.08. The van der Waals surface area contributed by atoms with E-state index in [9.17, 15) is 4.79 Å². The lowest BCUT2D eigenvalue weighted by Crippen LogP contribution is -2.42. The van der Waals surface area contributed by atoms with Gasteiger partial charge in [0.25, 0.3) is 0 Å². The molecular weight excluding hydrogens is 410 g/mol. The molecule has 2 aromatic carbocycles. The Kier molecular flexibility index (Phi) is 5.85. The number of para-hydroxylation sites is 1. The Labute approximate surface area is 165 Å². The predicted molar refractivity (Wildman–Crippen MR) is 104 cm³/mol. The molecule has 0 aliphatic heterocycles. The van der Waals surface area contributed by atoms with E-state index >= 15 is 0 Å². The minimum atomic E-state index is -0.516. The monoisotopic (exact) mass is 429 g/mol. The number of carbonyl (C=O) groups excluding carboxylic acids is 1. The molecule has 0 saturated carbocycles. The Morgan fingerprint density at radius 1 is 1.15 bits per heavy atom. The summed E-state index contributed by atoms with van der Waals surface area (Å²) >= 11 is 3.41. The number of amides is 1. The molecule has 27 heavy (non-hydrogen) atoms. The van der Waals surface area contributed by atoms with Gasteiger partial charge in [0, 0.05) is 4.47 Å². The molecule has 8 heteroatoms. The van der Waals surface area contributed by atoms with Crippen LogP contribution < -0.4 is 10.1 Å². The molecule has 1 heterocycles. The molecule has 0 bridgehead atoms. The van der Waals surface area contributed by atoms with Crippen LogP contribution in [0.2, 0.25) is 0 Å². The summed E-state index contributed by atoms with van der Waals surface area (Å²) in [5.74, 6) is 0.942. The molecule has 0 unspecified atom stereocenters. The maximum absolute atomic E-state index is 12.4. The van der Waals surface area contributed by atoms with E-state index in [1.165, 1.54) is 4.80 Å². The fourth-order valence-electron chi connectivity index (χ4n) is 2.52. The fourth-order valence-corrected chi connectivity index (χ4v) is 2.79. The van der Waals surface area contributed by atoms with E-state index in [0.717, 1.165) is 15.8 Å². The first-order valence-electron chi connectivity index (χ1n) is 8.44. The number of nitrogens with zero attached hydrogens (tertiary/aromatic N) is 4. The summed E-state index contributed by atoms with van der Waals surface area (Å²) in [6.45, 7) is 4.07. The standard InChI is InChI=1S/C19H20BrN5O2/c1-19(2,14-8-10-15(20)11-9-14)21-18(26)12-25-23-17(22-24-25)13-27-16-6-4-3-5-7-16/h3-11H,12-13H2,1-2H3,(H,21,26). The molecule has 0 spiro atoms. The summed E-state index contributed by atoms with van der Waals surface area (Å²) in [6, 6.07) is 17.2. The van der Waals surface area contributed by atoms with Crippen molar-refractivity contribution in [1.82, 2.24) is 25.5 Å². The molecular formula is C19H20BrN5O2. The van der Waals surface area contributed by atoms with Crippen LogP contribution in [0.1, 0.15) is 25.2 Å². The fraction of sp³-hybridized carbons (Fsp3) is 0.263. The van der Waals surface area contributed by atoms with Gasteiger partial charge in [-0.05, 0) is 48.9 Å². The second-order valence-corrected chi connectivity index (χ2v) is 7.43. The van der Waals surface area contributed by atoms with Crippen molar-refractivity contribution in [3.05, 3.63) is 70.5 Å². The summed E-state index contributed by atoms with van der Waals surface area (Å²) in [6.07, 6.45) is 0. The van der Waals surface area contributed by atoms with Crippen molar-refractivity contribution >= 4 is 21.8 Å². The number of benzene rings is 2. The van der Waals surface area contributed by atoms with Gasteiger partial charge < -0.3 is 10.1 Å². The number of nitrogens with one attached hydrogen (secondary N) is 1. The lowest BCUT2D eigenvalue weighted by molar-refractivity contribution is -0.123. The van der Waals surface area contributed by atoms with Crippen LogP contribution >= 0.6 is 15.9 Å². The molecule has 3 rings (SSSR count). The molecule has 0 aliphatic carbocycles. The highest BCUT2D eigenvalue weighted by molar-refractivity contribution is 9.10. The zero-order chi connectivity index (χ0) is 19.3. The van der Waals surface area contributed by atoms with Gasteiger partial charge in [-0.15, -0.1) is 10.2 Å². The number of ether oxygens (including phenoxy) is 1. The molecule has 140 valence electrons. The molecule has 7 nitrogen and oxygen atoms in total. The smallest absolute Gasteiger partial charge is 0.244 e. The summed E-state index contributed by atoms with van der Waals surface area (Å²) in [7, 11) is 0. The number of halogens is 1. The number of hydrogen-bond donors (Lipinski definition) is 1. The molecule has 0 aliphatic rings. The van der Waals surface area contributed by atoms with Crippen LogP contribution in [0.3, 0.4) is 0 Å². The third kappa shape index (κ3) is 5.37. The minimum absolute atomic E-state index is 0.0156. The Morgan fingerprint density at radius 3 is 2.56 bits per heavy atom. The van der Waals surface area contributed by atoms with Crippen LogP contribution in [-0.4, -0.2) is 26.1 Å². The molecule has 0 atom stereocenters. The Hall–Kier alpha value is -2.74. The van der Waals surface area contributed by atoms with Crippen molar-refractivity contribution in [3.8, 4) is 5.75 Å². The zero-order valence-corrected chi connectivity index (χ0v) is 16.7. The Bertz CT molecular complexity index is 894. The van der Waals surface area contributed by atoms with Crippen molar-refractivity contribution in [2.24, 2.45) is 0 Å². The highest BCUT2D eigenvalue weighted by Crippen LogP contribution is 2.22. The third-order valence-corrected chi connectivity index (χ3v) is 4.44. The van der Waals surface area contributed by atoms with Crippen molar-refractivity contribution in [2.45, 2.75) is 32.5 Å². The summed E-state index contributed by atoms with van der Waals surface area (Å²) in [5, 5.41) is 15.0. The first-order chi connectivity index (χ1) is 12.9. The SMILES string of the molecule is CC(C)(NC(=O)Cn1nnc(COc2ccccc2)n1)c1ccc(Br)cc1. The van der Waals surface area contributed by atoms with Gasteiger partial charge in [-0.2, -0.15) is 4.80 Å². The summed E-state index contributed by atoms with van der Waals surface area (Å²) < 4.78 is 6.57. The molecule has 0 fully saturated rings. The highest BCUT2D eigenvalue weighted by atomic mass is 79.9. The second kappa shape index (κ2) is 8.30. The van der Waals surface area contributed by atoms with Crippen molar-refractivity contribution < 1.29 is 9.53 Å². The third-order valence-electron chi connectivity index (χ3n) is 3.91. The van der Waals surface area contributed by atoms with E-state index in [1.54, 1.807) is 0 Å². The van der Waals surface area contributed by atoms with Crippen LogP contribution in [0.5, 0.6) is 5.75 Å². The minimum Gasteiger partial charge on any atom is -0.485 e. The average molecular weight is 430 g/mol. The van der Waals surface area contributed by atoms with E-state index < -0.39 is 5.54 Å². The quantitative estimate of drug-likeness (QED) is 0.623. The lowest BCUT2D eigenvalue weighted by atomic mass is 9.94. The van der Waals surface area contributed by atoms with E-state index in [2.05, 4.69) is 36.7 Å². The van der Waals surface area contributed by atoms with E-state index in [4.69, 9.17) is 4.74 Å². The van der Waals surface area contributed by atoms with Crippen molar-refractivity contribution in [1.29, 1.82) is 0 Å². The molecule has 1 aromatic heterocycles. The van der Waals surface area contributed by atoms with Gasteiger partial charge in [0.15, 0.2) is 6.61 Å². The molecule has 3 aromatic rings. The van der Waals surface area contributed by atoms with Gasteiger partial charge in [-0.3, -0.25) is 4.79 Å². The maximum atomic E-state index is 12.4. The number of carbonyl (C=O) groups is 1. The summed E-state index contributed by atoms with van der Waals surface area (Å²) in [5.41, 5.74) is 0.486. The van der Waals surface area contributed by atoms with Gasteiger partial charge in [0.05, 0.1) is 5.54 Å². The lowest BCUT2D eigenvalue weighted by Gasteiger charge is -2.26. The normalized spacial score (nSPS) is 11.2. The number of hydrogen-bond acceptors (Lipinski definition) is 5. The van der Waals surface area contributed by atoms with E-state index in [1.807, 2.05) is 68.4 Å². The highest BCUT2D eigenvalue weighted by Gasteiger charge is 2.23. The van der Waals surface area contributed by atoms with Crippen molar-refractivity contribution in [2.75, 3.05) is 0 Å². The zero-order valence-electron chi connectivity index (χ0n) is 15.1. The van der Waals surface area contributed by atoms with Gasteiger partial charge >= 0.3 is 0 Å². The van der Waals surface area contributed by atoms with Crippen LogP contribution in [0.25, 0.3) is 0 Å². The van der Waals surface area contributed by atoms with Gasteiger partial charge in [0.1, 0.15) is 12.3 Å². The van der Waals surface area contributed by atoms with E-state index in [-0.39, 0.29) is 19.1 Å². The first kappa shape index (κ1) is 19.0. The topological polar surface area (TPSA) is 81.9 Å². The number of tetrazole rings is 1. The van der Waals surface area contributed by atoms with Crippen LogP contribution in [-0.2, 0) is 23.5 Å². The van der Waals surface area contributed by atoms with Crippen LogP contribution in [0.15, 0.2) is 59.1 Å².